The second-order valence-corrected chi connectivity index (χ2v) is 15.3. The summed E-state index contributed by atoms with van der Waals surface area (Å²) >= 11 is 0. The normalized spacial score (nSPS) is 24.7. The highest BCUT2D eigenvalue weighted by Gasteiger charge is 2.51. The summed E-state index contributed by atoms with van der Waals surface area (Å²) in [4.78, 5) is 33.9. The van der Waals surface area contributed by atoms with Crippen molar-refractivity contribution < 1.29 is 24.2 Å². The molecule has 4 aliphatic rings. The molecule has 2 heterocycles. The zero-order chi connectivity index (χ0) is 35.3. The Morgan fingerprint density at radius 1 is 1.04 bits per heavy atom. The lowest BCUT2D eigenvalue weighted by molar-refractivity contribution is -0.127. The smallest absolute Gasteiger partial charge is 0.246 e. The Labute approximate surface area is 296 Å². The Bertz CT molecular complexity index is 1600. The number of benzene rings is 1. The largest absolute Gasteiger partial charge is 0.496 e. The lowest BCUT2D eigenvalue weighted by Gasteiger charge is -2.55. The summed E-state index contributed by atoms with van der Waals surface area (Å²) in [6.07, 6.45) is 15.9. The lowest BCUT2D eigenvalue weighted by atomic mass is 9.51. The molecule has 10 nitrogen and oxygen atoms in total. The molecular weight excluding hydrogens is 630 g/mol. The van der Waals surface area contributed by atoms with Gasteiger partial charge < -0.3 is 19.9 Å². The fourth-order valence-corrected chi connectivity index (χ4v) is 8.57. The fraction of sp³-hybridized carbons (Fsp3) is 0.600. The average molecular weight is 686 g/mol. The van der Waals surface area contributed by atoms with E-state index in [1.165, 1.54) is 11.1 Å². The maximum Gasteiger partial charge on any atom is 0.246 e. The van der Waals surface area contributed by atoms with Crippen LogP contribution in [0.3, 0.4) is 0 Å². The molecule has 2 bridgehead atoms. The molecule has 4 saturated carbocycles. The number of hydrogen-bond acceptors (Lipinski definition) is 7. The molecule has 0 spiro atoms. The number of aromatic nitrogens is 3. The van der Waals surface area contributed by atoms with Gasteiger partial charge >= 0.3 is 0 Å². The molecule has 1 aromatic carbocycles. The summed E-state index contributed by atoms with van der Waals surface area (Å²) in [7, 11) is 1.73. The Hall–Kier alpha value is -3.76. The number of methoxy groups -OCH3 is 1. The molecule has 2 N–H and O–H groups in total. The van der Waals surface area contributed by atoms with E-state index in [-0.39, 0.29) is 53.9 Å². The van der Waals surface area contributed by atoms with Crippen LogP contribution in [0.1, 0.15) is 102 Å². The van der Waals surface area contributed by atoms with Gasteiger partial charge in [-0.05, 0) is 137 Å². The van der Waals surface area contributed by atoms with Gasteiger partial charge in [-0.3, -0.25) is 19.2 Å². The number of ether oxygens (including phenoxy) is 2. The predicted molar refractivity (Wildman–Crippen MR) is 194 cm³/mol. The zero-order valence-corrected chi connectivity index (χ0v) is 30.3. The van der Waals surface area contributed by atoms with E-state index < -0.39 is 0 Å². The third-order valence-corrected chi connectivity index (χ3v) is 11.8. The Morgan fingerprint density at radius 2 is 1.78 bits per heavy atom. The Balaban J connectivity index is 1.18. The van der Waals surface area contributed by atoms with Gasteiger partial charge in [0.2, 0.25) is 11.8 Å². The second-order valence-electron chi connectivity index (χ2n) is 15.3. The Morgan fingerprint density at radius 3 is 2.42 bits per heavy atom. The van der Waals surface area contributed by atoms with Gasteiger partial charge in [0.15, 0.2) is 0 Å². The van der Waals surface area contributed by atoms with Gasteiger partial charge in [-0.1, -0.05) is 12.1 Å². The molecule has 0 atom stereocenters. The van der Waals surface area contributed by atoms with E-state index in [1.807, 2.05) is 28.0 Å². The molecule has 0 radical (unpaired) electrons. The molecule has 50 heavy (non-hydrogen) atoms. The maximum atomic E-state index is 14.6. The van der Waals surface area contributed by atoms with Gasteiger partial charge in [0, 0.05) is 55.7 Å². The van der Waals surface area contributed by atoms with Gasteiger partial charge in [0.25, 0.3) is 0 Å². The first kappa shape index (κ1) is 36.0. The number of pyridine rings is 1. The van der Waals surface area contributed by atoms with Crippen molar-refractivity contribution in [2.24, 2.45) is 11.3 Å². The van der Waals surface area contributed by atoms with Crippen LogP contribution in [-0.4, -0.2) is 71.2 Å². The lowest BCUT2D eigenvalue weighted by Crippen LogP contribution is -2.52. The number of carbonyl (C=O) groups excluding carboxylic acids is 2. The molecule has 0 aliphatic heterocycles. The number of aliphatic hydroxyl groups is 1. The van der Waals surface area contributed by atoms with Crippen LogP contribution in [0.5, 0.6) is 5.75 Å². The topological polar surface area (TPSA) is 119 Å². The van der Waals surface area contributed by atoms with Crippen LogP contribution >= 0.6 is 0 Å². The first-order valence-corrected chi connectivity index (χ1v) is 18.6. The van der Waals surface area contributed by atoms with Crippen LogP contribution in [0.25, 0.3) is 11.1 Å². The number of nitrogens with one attached hydrogen (secondary N) is 1. The monoisotopic (exact) mass is 685 g/mol. The van der Waals surface area contributed by atoms with E-state index in [2.05, 4.69) is 61.6 Å². The highest BCUT2D eigenvalue weighted by Crippen LogP contribution is 2.58. The molecule has 0 saturated heterocycles. The molecule has 10 heteroatoms. The second kappa shape index (κ2) is 15.6. The van der Waals surface area contributed by atoms with E-state index in [0.717, 1.165) is 81.1 Å². The van der Waals surface area contributed by atoms with Crippen molar-refractivity contribution >= 4 is 17.6 Å². The molecule has 4 aliphatic carbocycles. The number of rotatable bonds is 14. The van der Waals surface area contributed by atoms with Crippen LogP contribution in [0.15, 0.2) is 48.9 Å². The van der Waals surface area contributed by atoms with Gasteiger partial charge in [0.1, 0.15) is 18.2 Å². The third kappa shape index (κ3) is 7.91. The minimum Gasteiger partial charge on any atom is -0.496 e. The van der Waals surface area contributed by atoms with Crippen molar-refractivity contribution in [2.45, 2.75) is 109 Å². The number of anilines is 1. The van der Waals surface area contributed by atoms with E-state index in [4.69, 9.17) is 19.6 Å². The van der Waals surface area contributed by atoms with E-state index >= 15 is 0 Å². The highest BCUT2D eigenvalue weighted by molar-refractivity contribution is 5.95. The maximum absolute atomic E-state index is 14.6. The van der Waals surface area contributed by atoms with E-state index in [0.29, 0.717) is 25.4 Å². The molecule has 2 aromatic heterocycles. The van der Waals surface area contributed by atoms with Crippen molar-refractivity contribution in [3.63, 3.8) is 0 Å². The number of amides is 2. The van der Waals surface area contributed by atoms with E-state index in [1.54, 1.807) is 7.11 Å². The minimum atomic E-state index is -0.143. The molecule has 2 amide bonds. The van der Waals surface area contributed by atoms with Crippen LogP contribution in [0.4, 0.5) is 5.82 Å². The number of fused-ring (bicyclic) bond motifs is 3. The summed E-state index contributed by atoms with van der Waals surface area (Å²) in [6, 6.07) is 11.1. The molecular formula is C40H55N5O5. The molecule has 270 valence electrons. The third-order valence-electron chi connectivity index (χ3n) is 11.8. The fourth-order valence-electron chi connectivity index (χ4n) is 8.57. The van der Waals surface area contributed by atoms with Crippen molar-refractivity contribution in [3.8, 4) is 16.9 Å². The zero-order valence-electron chi connectivity index (χ0n) is 30.3. The summed E-state index contributed by atoms with van der Waals surface area (Å²) in [5.41, 5.74) is 4.87. The molecule has 3 aromatic rings. The summed E-state index contributed by atoms with van der Waals surface area (Å²) in [5.74, 6) is 1.53. The van der Waals surface area contributed by atoms with Crippen molar-refractivity contribution in [1.29, 1.82) is 0 Å². The van der Waals surface area contributed by atoms with Crippen molar-refractivity contribution in [1.82, 2.24) is 20.1 Å². The summed E-state index contributed by atoms with van der Waals surface area (Å²) in [6.45, 7) is 7.43. The Kier molecular flexibility index (Phi) is 11.3. The minimum absolute atomic E-state index is 0.00778. The first-order chi connectivity index (χ1) is 24.1. The van der Waals surface area contributed by atoms with Crippen molar-refractivity contribution in [3.05, 3.63) is 60.0 Å². The van der Waals surface area contributed by atoms with Gasteiger partial charge in [-0.25, -0.2) is 4.98 Å². The van der Waals surface area contributed by atoms with Gasteiger partial charge in [-0.15, -0.1) is 0 Å². The number of hydrogen-bond donors (Lipinski definition) is 2. The predicted octanol–water partition coefficient (Wildman–Crippen LogP) is 6.54. The standard InChI is InChI=1S/C40H55N5O5/c1-28(2)45-25-32(24-42-45)31-12-19-41-36(23-31)44(38(48)30-6-9-34(10-7-30)43-37(47)26-50-21-5-20-46)27-39-13-16-40(17-14-39,18-15-39)33-8-11-35(49-4)29(3)22-33/h8,11-12,19,22-25,28,30,34,46H,5-7,9-10,13-18,20-21,26-27H2,1-4H3,(H,43,47)/t30-,34-,39?,40?. The van der Waals surface area contributed by atoms with Crippen LogP contribution in [0.2, 0.25) is 0 Å². The SMILES string of the molecule is COc1ccc(C23CCC(CN(c4cc(-c5cnn(C(C)C)c5)ccn4)C(=O)[C@H]4CC[C@H](NC(=O)COCCCO)CC4)(CC2)CC3)cc1C. The van der Waals surface area contributed by atoms with Gasteiger partial charge in [0.05, 0.1) is 13.3 Å². The number of aryl methyl sites for hydroxylation is 1. The number of aliphatic hydroxyl groups excluding tert-OH is 1. The average Bonchev–Trinajstić information content (AvgIpc) is 3.65. The first-order valence-electron chi connectivity index (χ1n) is 18.6. The van der Waals surface area contributed by atoms with Gasteiger partial charge in [-0.2, -0.15) is 5.10 Å². The number of nitrogens with zero attached hydrogens (tertiary/aromatic N) is 4. The quantitative estimate of drug-likeness (QED) is 0.185. The molecule has 4 fully saturated rings. The molecule has 7 rings (SSSR count). The van der Waals surface area contributed by atoms with E-state index in [9.17, 15) is 9.59 Å². The number of carbonyl (C=O) groups is 2. The van der Waals surface area contributed by atoms with Crippen LogP contribution in [-0.2, 0) is 19.7 Å². The van der Waals surface area contributed by atoms with Crippen LogP contribution in [0, 0.1) is 18.3 Å². The summed E-state index contributed by atoms with van der Waals surface area (Å²) in [5, 5.41) is 16.6. The molecule has 0 unspecified atom stereocenters. The highest BCUT2D eigenvalue weighted by atomic mass is 16.5. The van der Waals surface area contributed by atoms with Crippen LogP contribution < -0.4 is 15.0 Å². The summed E-state index contributed by atoms with van der Waals surface area (Å²) < 4.78 is 12.9. The van der Waals surface area contributed by atoms with Crippen molar-refractivity contribution in [2.75, 3.05) is 38.4 Å².